The summed E-state index contributed by atoms with van der Waals surface area (Å²) < 4.78 is 10.9. The summed E-state index contributed by atoms with van der Waals surface area (Å²) in [6.07, 6.45) is -0.541. The van der Waals surface area contributed by atoms with Gasteiger partial charge in [0.1, 0.15) is 11.5 Å². The molecule has 2 aromatic carbocycles. The molecular formula is C20H23ClN2O3. The number of piperazine rings is 1. The van der Waals surface area contributed by atoms with Crippen molar-refractivity contribution < 1.29 is 14.3 Å². The third kappa shape index (κ3) is 4.41. The lowest BCUT2D eigenvalue weighted by Crippen LogP contribution is -2.52. The van der Waals surface area contributed by atoms with E-state index in [0.717, 1.165) is 24.5 Å². The summed E-state index contributed by atoms with van der Waals surface area (Å²) in [4.78, 5) is 16.8. The Morgan fingerprint density at radius 1 is 1.04 bits per heavy atom. The molecule has 0 spiro atoms. The van der Waals surface area contributed by atoms with E-state index in [4.69, 9.17) is 21.1 Å². The molecule has 1 fully saturated rings. The molecule has 1 atom stereocenters. The van der Waals surface area contributed by atoms with Gasteiger partial charge in [-0.05, 0) is 49.4 Å². The summed E-state index contributed by atoms with van der Waals surface area (Å²) in [7, 11) is 1.66. The van der Waals surface area contributed by atoms with Crippen LogP contribution in [0.3, 0.4) is 0 Å². The lowest BCUT2D eigenvalue weighted by molar-refractivity contribution is -0.138. The van der Waals surface area contributed by atoms with E-state index in [-0.39, 0.29) is 5.91 Å². The van der Waals surface area contributed by atoms with Crippen LogP contribution >= 0.6 is 11.6 Å². The molecule has 0 aromatic heterocycles. The van der Waals surface area contributed by atoms with Gasteiger partial charge in [0.2, 0.25) is 0 Å². The van der Waals surface area contributed by atoms with Crippen molar-refractivity contribution in [1.82, 2.24) is 4.90 Å². The van der Waals surface area contributed by atoms with Crippen molar-refractivity contribution >= 4 is 23.2 Å². The number of methoxy groups -OCH3 is 1. The van der Waals surface area contributed by atoms with Crippen LogP contribution in [0.1, 0.15) is 6.92 Å². The van der Waals surface area contributed by atoms with Gasteiger partial charge in [-0.1, -0.05) is 17.7 Å². The van der Waals surface area contributed by atoms with Gasteiger partial charge >= 0.3 is 0 Å². The first kappa shape index (κ1) is 18.4. The standard InChI is InChI=1S/C20H23ClN2O3/c1-15(26-19-5-3-4-16(21)14-19)20(24)23-12-10-22(11-13-23)17-6-8-18(25-2)9-7-17/h3-9,14-15H,10-13H2,1-2H3/t15-/m1/s1. The summed E-state index contributed by atoms with van der Waals surface area (Å²) in [5, 5.41) is 0.593. The van der Waals surface area contributed by atoms with Crippen molar-refractivity contribution in [2.24, 2.45) is 0 Å². The van der Waals surface area contributed by atoms with Crippen molar-refractivity contribution in [3.8, 4) is 11.5 Å². The molecule has 0 bridgehead atoms. The number of carbonyl (C=O) groups is 1. The maximum Gasteiger partial charge on any atom is 0.263 e. The van der Waals surface area contributed by atoms with Gasteiger partial charge < -0.3 is 19.3 Å². The Morgan fingerprint density at radius 2 is 1.73 bits per heavy atom. The zero-order chi connectivity index (χ0) is 18.5. The second-order valence-electron chi connectivity index (χ2n) is 6.23. The van der Waals surface area contributed by atoms with Gasteiger partial charge in [-0.25, -0.2) is 0 Å². The van der Waals surface area contributed by atoms with E-state index in [9.17, 15) is 4.79 Å². The average molecular weight is 375 g/mol. The number of hydrogen-bond donors (Lipinski definition) is 0. The van der Waals surface area contributed by atoms with E-state index in [1.165, 1.54) is 0 Å². The van der Waals surface area contributed by atoms with Crippen molar-refractivity contribution in [2.45, 2.75) is 13.0 Å². The SMILES string of the molecule is COc1ccc(N2CCN(C(=O)[C@@H](C)Oc3cccc(Cl)c3)CC2)cc1. The van der Waals surface area contributed by atoms with Gasteiger partial charge in [0.05, 0.1) is 7.11 Å². The molecule has 1 amide bonds. The monoisotopic (exact) mass is 374 g/mol. The van der Waals surface area contributed by atoms with E-state index < -0.39 is 6.10 Å². The second-order valence-corrected chi connectivity index (χ2v) is 6.66. The highest BCUT2D eigenvalue weighted by molar-refractivity contribution is 6.30. The van der Waals surface area contributed by atoms with Crippen LogP contribution in [0.5, 0.6) is 11.5 Å². The fourth-order valence-electron chi connectivity index (χ4n) is 3.03. The van der Waals surface area contributed by atoms with Crippen LogP contribution < -0.4 is 14.4 Å². The molecule has 0 unspecified atom stereocenters. The van der Waals surface area contributed by atoms with Gasteiger partial charge in [-0.15, -0.1) is 0 Å². The first-order chi connectivity index (χ1) is 12.6. The Hall–Kier alpha value is -2.40. The Labute approximate surface area is 159 Å². The molecule has 0 aliphatic carbocycles. The fourth-order valence-corrected chi connectivity index (χ4v) is 3.21. The molecule has 1 heterocycles. The Kier molecular flexibility index (Phi) is 5.89. The fraction of sp³-hybridized carbons (Fsp3) is 0.350. The number of ether oxygens (including phenoxy) is 2. The quantitative estimate of drug-likeness (QED) is 0.803. The Balaban J connectivity index is 1.54. The molecule has 0 N–H and O–H groups in total. The number of hydrogen-bond acceptors (Lipinski definition) is 4. The first-order valence-corrected chi connectivity index (χ1v) is 9.04. The summed E-state index contributed by atoms with van der Waals surface area (Å²) in [6.45, 7) is 4.71. The molecule has 0 radical (unpaired) electrons. The molecule has 26 heavy (non-hydrogen) atoms. The maximum atomic E-state index is 12.6. The Bertz CT molecular complexity index is 743. The molecule has 5 nitrogen and oxygen atoms in total. The van der Waals surface area contributed by atoms with Gasteiger partial charge in [-0.2, -0.15) is 0 Å². The number of nitrogens with zero attached hydrogens (tertiary/aromatic N) is 2. The molecule has 2 aromatic rings. The largest absolute Gasteiger partial charge is 0.497 e. The molecule has 0 saturated carbocycles. The van der Waals surface area contributed by atoms with Crippen LogP contribution in [-0.4, -0.2) is 50.2 Å². The molecule has 138 valence electrons. The number of halogens is 1. The van der Waals surface area contributed by atoms with E-state index in [0.29, 0.717) is 23.9 Å². The number of carbonyl (C=O) groups excluding carboxylic acids is 1. The summed E-state index contributed by atoms with van der Waals surface area (Å²) >= 11 is 5.96. The van der Waals surface area contributed by atoms with Gasteiger partial charge in [0.15, 0.2) is 6.10 Å². The molecule has 1 saturated heterocycles. The maximum absolute atomic E-state index is 12.6. The average Bonchev–Trinajstić information content (AvgIpc) is 2.67. The van der Waals surface area contributed by atoms with Gasteiger partial charge in [-0.3, -0.25) is 4.79 Å². The van der Waals surface area contributed by atoms with Crippen LogP contribution in [0.4, 0.5) is 5.69 Å². The van der Waals surface area contributed by atoms with Crippen LogP contribution in [0.25, 0.3) is 0 Å². The van der Waals surface area contributed by atoms with Crippen molar-refractivity contribution in [3.05, 3.63) is 53.6 Å². The predicted octanol–water partition coefficient (Wildman–Crippen LogP) is 3.46. The highest BCUT2D eigenvalue weighted by Gasteiger charge is 2.26. The number of benzene rings is 2. The molecule has 1 aliphatic heterocycles. The van der Waals surface area contributed by atoms with Crippen LogP contribution in [0.15, 0.2) is 48.5 Å². The minimum absolute atomic E-state index is 0.000596. The minimum Gasteiger partial charge on any atom is -0.497 e. The van der Waals surface area contributed by atoms with Crippen LogP contribution in [0.2, 0.25) is 5.02 Å². The summed E-state index contributed by atoms with van der Waals surface area (Å²) in [5.74, 6) is 1.45. The van der Waals surface area contributed by atoms with E-state index in [1.807, 2.05) is 35.2 Å². The zero-order valence-electron chi connectivity index (χ0n) is 15.0. The molecule has 3 rings (SSSR count). The van der Waals surface area contributed by atoms with E-state index in [1.54, 1.807) is 32.2 Å². The highest BCUT2D eigenvalue weighted by atomic mass is 35.5. The number of rotatable bonds is 5. The van der Waals surface area contributed by atoms with Crippen molar-refractivity contribution in [2.75, 3.05) is 38.2 Å². The first-order valence-electron chi connectivity index (χ1n) is 8.67. The minimum atomic E-state index is -0.541. The van der Waals surface area contributed by atoms with E-state index >= 15 is 0 Å². The van der Waals surface area contributed by atoms with Gasteiger partial charge in [0.25, 0.3) is 5.91 Å². The highest BCUT2D eigenvalue weighted by Crippen LogP contribution is 2.22. The topological polar surface area (TPSA) is 42.0 Å². The lowest BCUT2D eigenvalue weighted by Gasteiger charge is -2.37. The normalized spacial score (nSPS) is 15.5. The van der Waals surface area contributed by atoms with Crippen molar-refractivity contribution in [1.29, 1.82) is 0 Å². The zero-order valence-corrected chi connectivity index (χ0v) is 15.8. The van der Waals surface area contributed by atoms with E-state index in [2.05, 4.69) is 4.90 Å². The third-order valence-corrected chi connectivity index (χ3v) is 4.72. The Morgan fingerprint density at radius 3 is 2.35 bits per heavy atom. The van der Waals surface area contributed by atoms with Crippen LogP contribution in [-0.2, 0) is 4.79 Å². The van der Waals surface area contributed by atoms with Crippen LogP contribution in [0, 0.1) is 0 Å². The van der Waals surface area contributed by atoms with Gasteiger partial charge in [0, 0.05) is 36.9 Å². The molecule has 1 aliphatic rings. The summed E-state index contributed by atoms with van der Waals surface area (Å²) in [6, 6.07) is 15.1. The third-order valence-electron chi connectivity index (χ3n) is 4.49. The lowest BCUT2D eigenvalue weighted by atomic mass is 10.2. The number of anilines is 1. The molecular weight excluding hydrogens is 352 g/mol. The molecule has 6 heteroatoms. The smallest absolute Gasteiger partial charge is 0.263 e. The summed E-state index contributed by atoms with van der Waals surface area (Å²) in [5.41, 5.74) is 1.14. The van der Waals surface area contributed by atoms with Crippen molar-refractivity contribution in [3.63, 3.8) is 0 Å². The number of amides is 1. The predicted molar refractivity (Wildman–Crippen MR) is 103 cm³/mol. The second kappa shape index (κ2) is 8.32.